The van der Waals surface area contributed by atoms with Gasteiger partial charge in [-0.2, -0.15) is 37.3 Å². The van der Waals surface area contributed by atoms with Crippen LogP contribution in [0.5, 0.6) is 11.5 Å². The maximum atomic E-state index is 12.1. The molecule has 0 saturated carbocycles. The van der Waals surface area contributed by atoms with Crippen LogP contribution in [0.15, 0.2) is 115 Å². The number of nitrogens with zero attached hydrogens (tertiary/aromatic N) is 4. The Morgan fingerprint density at radius 3 is 1.07 bits per heavy atom. The fraction of sp³-hybridized carbons (Fsp3) is 0. The summed E-state index contributed by atoms with van der Waals surface area (Å²) in [4.78, 5) is -1.03. The number of hydrogen-bond acceptors (Lipinski definition) is 10. The number of aromatic hydroxyl groups is 2. The minimum absolute atomic E-state index is 0. The minimum atomic E-state index is -4.73. The zero-order chi connectivity index (χ0) is 28.9. The Labute approximate surface area is 285 Å². The number of azo groups is 2. The van der Waals surface area contributed by atoms with E-state index < -0.39 is 30.0 Å². The zero-order valence-electron chi connectivity index (χ0n) is 22.3. The molecule has 42 heavy (non-hydrogen) atoms. The van der Waals surface area contributed by atoms with Crippen LogP contribution in [0, 0.1) is 0 Å². The predicted octanol–water partition coefficient (Wildman–Crippen LogP) is 5.83. The first-order chi connectivity index (χ1) is 18.9. The molecular weight excluding hydrogens is 606 g/mol. The van der Waals surface area contributed by atoms with Crippen molar-refractivity contribution in [2.75, 3.05) is 0 Å². The quantitative estimate of drug-likeness (QED) is 0.0810. The maximum absolute atomic E-state index is 12.1. The van der Waals surface area contributed by atoms with Crippen LogP contribution in [0.4, 0.5) is 22.7 Å². The second kappa shape index (κ2) is 15.1. The molecule has 206 valence electrons. The second-order valence-electron chi connectivity index (χ2n) is 8.16. The fourth-order valence-electron chi connectivity index (χ4n) is 3.34. The smallest absolute Gasteiger partial charge is 0.295 e. The van der Waals surface area contributed by atoms with Crippen molar-refractivity contribution >= 4 is 114 Å². The molecule has 0 aromatic heterocycles. The van der Waals surface area contributed by atoms with Crippen LogP contribution in [0.3, 0.4) is 0 Å². The van der Waals surface area contributed by atoms with Crippen molar-refractivity contribution in [2.45, 2.75) is 9.79 Å². The van der Waals surface area contributed by atoms with Crippen LogP contribution < -0.4 is 0 Å². The first-order valence-corrected chi connectivity index (χ1v) is 14.1. The van der Waals surface area contributed by atoms with Gasteiger partial charge in [0.15, 0.2) is 0 Å². The number of hydrogen-bond donors (Lipinski definition) is 4. The van der Waals surface area contributed by atoms with Crippen LogP contribution in [0.2, 0.25) is 0 Å². The van der Waals surface area contributed by atoms with Gasteiger partial charge in [0.05, 0.1) is 22.7 Å². The molecule has 0 saturated heterocycles. The van der Waals surface area contributed by atoms with Crippen LogP contribution in [0.25, 0.3) is 12.2 Å². The summed E-state index contributed by atoms with van der Waals surface area (Å²) >= 11 is 0. The molecule has 4 aromatic rings. The monoisotopic (exact) mass is 626 g/mol. The third-order valence-electron chi connectivity index (χ3n) is 5.25. The van der Waals surface area contributed by atoms with Crippen molar-refractivity contribution in [1.29, 1.82) is 0 Å². The van der Waals surface area contributed by atoms with Gasteiger partial charge < -0.3 is 10.2 Å². The van der Waals surface area contributed by atoms with Gasteiger partial charge in [0.1, 0.15) is 21.3 Å². The van der Waals surface area contributed by atoms with Gasteiger partial charge in [0, 0.05) is 59.1 Å². The van der Waals surface area contributed by atoms with E-state index in [9.17, 15) is 36.2 Å². The Balaban J connectivity index is 0.00000308. The van der Waals surface area contributed by atoms with E-state index >= 15 is 0 Å². The summed E-state index contributed by atoms with van der Waals surface area (Å²) in [6.45, 7) is 0. The van der Waals surface area contributed by atoms with E-state index in [0.717, 1.165) is 12.1 Å². The summed E-state index contributed by atoms with van der Waals surface area (Å²) in [5.74, 6) is 0.0723. The van der Waals surface area contributed by atoms with Gasteiger partial charge in [-0.15, -0.1) is 0 Å². The Bertz CT molecular complexity index is 1730. The molecule has 0 amide bonds. The summed E-state index contributed by atoms with van der Waals surface area (Å²) in [6, 6.07) is 19.2. The molecule has 2 radical (unpaired) electrons. The summed E-state index contributed by atoms with van der Waals surface area (Å²) in [5, 5.41) is 34.5. The summed E-state index contributed by atoms with van der Waals surface area (Å²) in [6.07, 6.45) is 2.48. The zero-order valence-corrected chi connectivity index (χ0v) is 27.9. The molecule has 0 aliphatic carbocycles. The van der Waals surface area contributed by atoms with Gasteiger partial charge in [-0.1, -0.05) is 24.3 Å². The molecule has 0 atom stereocenters. The number of benzene rings is 4. The Hall–Kier alpha value is -2.76. The molecule has 0 bridgehead atoms. The standard InChI is InChI=1S/C26H20N4O8S2.2Na/c31-23-11-7-19(8-12-23)27-29-21-5-3-17(25(15-21)39(33,34)35)1-2-18-4-6-22(16-26(18)40(36,37)38)30-28-20-9-13-24(32)14-10-20;;/h1-16,31-32H,(H,33,34,35)(H,36,37,38);;. The Morgan fingerprint density at radius 2 is 0.762 bits per heavy atom. The van der Waals surface area contributed by atoms with Gasteiger partial charge in [-0.3, -0.25) is 9.11 Å². The molecule has 16 heteroatoms. The molecule has 0 unspecified atom stereocenters. The van der Waals surface area contributed by atoms with Crippen molar-refractivity contribution in [3.8, 4) is 11.5 Å². The van der Waals surface area contributed by atoms with E-state index in [1.54, 1.807) is 0 Å². The number of phenolic OH excluding ortho intramolecular Hbond substituents is 2. The van der Waals surface area contributed by atoms with E-state index in [0.29, 0.717) is 11.4 Å². The molecule has 12 nitrogen and oxygen atoms in total. The molecule has 4 rings (SSSR count). The van der Waals surface area contributed by atoms with E-state index in [4.69, 9.17) is 0 Å². The normalized spacial score (nSPS) is 12.0. The molecule has 4 N–H and O–H groups in total. The molecular formula is C26H20N4Na2O8S2. The van der Waals surface area contributed by atoms with Crippen LogP contribution in [-0.2, 0) is 20.2 Å². The summed E-state index contributed by atoms with van der Waals surface area (Å²) in [7, 11) is -9.45. The Kier molecular flexibility index (Phi) is 12.7. The largest absolute Gasteiger partial charge is 0.508 e. The predicted molar refractivity (Wildman–Crippen MR) is 158 cm³/mol. The topological polar surface area (TPSA) is 199 Å². The number of phenols is 2. The fourth-order valence-corrected chi connectivity index (χ4v) is 4.75. The van der Waals surface area contributed by atoms with Crippen molar-refractivity contribution in [3.05, 3.63) is 96.1 Å². The molecule has 4 aromatic carbocycles. The average molecular weight is 627 g/mol. The SMILES string of the molecule is O=S(=O)(O)c1cc(N=Nc2ccc(O)cc2)ccc1C=Cc1ccc(N=Nc2ccc(O)cc2)cc1S(=O)(=O)O.[Na].[Na]. The van der Waals surface area contributed by atoms with Gasteiger partial charge in [0.25, 0.3) is 20.2 Å². The van der Waals surface area contributed by atoms with Gasteiger partial charge in [-0.25, -0.2) is 0 Å². The first kappa shape index (κ1) is 35.4. The molecule has 0 spiro atoms. The van der Waals surface area contributed by atoms with Crippen molar-refractivity contribution in [3.63, 3.8) is 0 Å². The van der Waals surface area contributed by atoms with E-state index in [2.05, 4.69) is 20.5 Å². The van der Waals surface area contributed by atoms with Crippen molar-refractivity contribution in [2.24, 2.45) is 20.5 Å². The van der Waals surface area contributed by atoms with E-state index in [1.165, 1.54) is 84.9 Å². The first-order valence-electron chi connectivity index (χ1n) is 11.2. The number of rotatable bonds is 8. The third kappa shape index (κ3) is 9.91. The maximum Gasteiger partial charge on any atom is 0.295 e. The Morgan fingerprint density at radius 1 is 0.476 bits per heavy atom. The van der Waals surface area contributed by atoms with Gasteiger partial charge in [-0.05, 0) is 83.9 Å². The van der Waals surface area contributed by atoms with Crippen molar-refractivity contribution in [1.82, 2.24) is 0 Å². The van der Waals surface area contributed by atoms with E-state index in [1.807, 2.05) is 0 Å². The second-order valence-corrected chi connectivity index (χ2v) is 10.9. The molecule has 0 heterocycles. The molecule has 0 fully saturated rings. The minimum Gasteiger partial charge on any atom is -0.508 e. The van der Waals surface area contributed by atoms with Crippen LogP contribution >= 0.6 is 0 Å². The van der Waals surface area contributed by atoms with E-state index in [-0.39, 0.29) is 93.1 Å². The summed E-state index contributed by atoms with van der Waals surface area (Å²) < 4.78 is 67.7. The van der Waals surface area contributed by atoms with Gasteiger partial charge >= 0.3 is 0 Å². The molecule has 0 aliphatic heterocycles. The molecule has 0 aliphatic rings. The third-order valence-corrected chi connectivity index (χ3v) is 7.07. The van der Waals surface area contributed by atoms with Crippen LogP contribution in [0.1, 0.15) is 11.1 Å². The van der Waals surface area contributed by atoms with Crippen molar-refractivity contribution < 1.29 is 36.2 Å². The van der Waals surface area contributed by atoms with Gasteiger partial charge in [0.2, 0.25) is 0 Å². The average Bonchev–Trinajstić information content (AvgIpc) is 2.90. The summed E-state index contributed by atoms with van der Waals surface area (Å²) in [5.41, 5.74) is 0.976. The van der Waals surface area contributed by atoms with Crippen LogP contribution in [-0.4, -0.2) is 95.3 Å².